The minimum Gasteiger partial charge on any atom is -0.370 e. The van der Waals surface area contributed by atoms with E-state index in [9.17, 15) is 0 Å². The van der Waals surface area contributed by atoms with Gasteiger partial charge in [0, 0.05) is 33.9 Å². The van der Waals surface area contributed by atoms with Crippen LogP contribution < -0.4 is 5.73 Å². The average Bonchev–Trinajstić information content (AvgIpc) is 2.57. The van der Waals surface area contributed by atoms with Crippen molar-refractivity contribution in [1.29, 1.82) is 0 Å². The molecule has 0 spiro atoms. The van der Waals surface area contributed by atoms with Gasteiger partial charge in [-0.3, -0.25) is 4.90 Å². The van der Waals surface area contributed by atoms with Crippen LogP contribution in [0, 0.1) is 6.92 Å². The van der Waals surface area contributed by atoms with Crippen LogP contribution in [0.15, 0.2) is 10.5 Å². The lowest BCUT2D eigenvalue weighted by Gasteiger charge is -2.44. The zero-order chi connectivity index (χ0) is 14.2. The normalized spacial score (nSPS) is 25.5. The molecule has 0 aliphatic carbocycles. The number of nitrogens with two attached hydrogens (primary N) is 1. The van der Waals surface area contributed by atoms with Gasteiger partial charge in [-0.1, -0.05) is 0 Å². The van der Waals surface area contributed by atoms with E-state index in [0.29, 0.717) is 12.6 Å². The fraction of sp³-hybridized carbons (Fsp3) is 0.714. The summed E-state index contributed by atoms with van der Waals surface area (Å²) in [5.41, 5.74) is 5.94. The summed E-state index contributed by atoms with van der Waals surface area (Å²) in [6.07, 6.45) is 0.252. The van der Waals surface area contributed by atoms with Crippen molar-refractivity contribution in [3.8, 4) is 0 Å². The van der Waals surface area contributed by atoms with E-state index < -0.39 is 0 Å². The largest absolute Gasteiger partial charge is 0.370 e. The summed E-state index contributed by atoms with van der Waals surface area (Å²) in [5, 5.41) is 0. The smallest absolute Gasteiger partial charge is 0.0757 e. The second-order valence-corrected chi connectivity index (χ2v) is 8.06. The van der Waals surface area contributed by atoms with Crippen LogP contribution >= 0.6 is 27.3 Å². The van der Waals surface area contributed by atoms with Gasteiger partial charge in [0.05, 0.1) is 17.7 Å². The van der Waals surface area contributed by atoms with Crippen LogP contribution in [0.5, 0.6) is 0 Å². The van der Waals surface area contributed by atoms with E-state index in [4.69, 9.17) is 10.5 Å². The molecule has 1 aliphatic rings. The molecular weight excluding hydrogens is 324 g/mol. The van der Waals surface area contributed by atoms with E-state index in [-0.39, 0.29) is 11.7 Å². The number of halogens is 1. The monoisotopic (exact) mass is 346 g/mol. The number of hydrogen-bond donors (Lipinski definition) is 1. The van der Waals surface area contributed by atoms with Gasteiger partial charge >= 0.3 is 0 Å². The number of ether oxygens (including phenoxy) is 1. The molecule has 0 radical (unpaired) electrons. The fourth-order valence-corrected chi connectivity index (χ4v) is 4.54. The summed E-state index contributed by atoms with van der Waals surface area (Å²) in [5.74, 6) is 0. The quantitative estimate of drug-likeness (QED) is 0.912. The summed E-state index contributed by atoms with van der Waals surface area (Å²) >= 11 is 5.43. The highest BCUT2D eigenvalue weighted by Crippen LogP contribution is 2.35. The van der Waals surface area contributed by atoms with Gasteiger partial charge in [0.1, 0.15) is 0 Å². The predicted octanol–water partition coefficient (Wildman–Crippen LogP) is 3.32. The first-order valence-electron chi connectivity index (χ1n) is 6.70. The summed E-state index contributed by atoms with van der Waals surface area (Å²) in [4.78, 5) is 5.12. The number of hydrogen-bond acceptors (Lipinski definition) is 4. The fourth-order valence-electron chi connectivity index (χ4n) is 2.83. The Bertz CT molecular complexity index is 427. The van der Waals surface area contributed by atoms with Gasteiger partial charge in [-0.15, -0.1) is 11.3 Å². The van der Waals surface area contributed by atoms with Crippen molar-refractivity contribution in [3.05, 3.63) is 20.3 Å². The number of morpholine rings is 1. The first kappa shape index (κ1) is 15.4. The zero-order valence-corrected chi connectivity index (χ0v) is 14.5. The second-order valence-electron chi connectivity index (χ2n) is 5.92. The second kappa shape index (κ2) is 5.82. The third-order valence-electron chi connectivity index (χ3n) is 3.46. The zero-order valence-electron chi connectivity index (χ0n) is 12.1. The molecule has 1 fully saturated rings. The highest BCUT2D eigenvalue weighted by Gasteiger charge is 2.35. The molecule has 2 heterocycles. The Labute approximate surface area is 128 Å². The summed E-state index contributed by atoms with van der Waals surface area (Å²) in [6.45, 7) is 11.1. The van der Waals surface area contributed by atoms with Crippen LogP contribution in [0.4, 0.5) is 0 Å². The molecule has 0 aromatic carbocycles. The van der Waals surface area contributed by atoms with Crippen LogP contribution in [0.2, 0.25) is 0 Å². The molecule has 0 saturated carbocycles. The van der Waals surface area contributed by atoms with Gasteiger partial charge in [0.25, 0.3) is 0 Å². The van der Waals surface area contributed by atoms with E-state index >= 15 is 0 Å². The lowest BCUT2D eigenvalue weighted by molar-refractivity contribution is -0.137. The van der Waals surface area contributed by atoms with Gasteiger partial charge in [0.15, 0.2) is 0 Å². The van der Waals surface area contributed by atoms with Gasteiger partial charge in [-0.25, -0.2) is 0 Å². The van der Waals surface area contributed by atoms with Gasteiger partial charge in [-0.2, -0.15) is 0 Å². The van der Waals surface area contributed by atoms with Crippen molar-refractivity contribution >= 4 is 27.3 Å². The van der Waals surface area contributed by atoms with Crippen molar-refractivity contribution < 1.29 is 4.74 Å². The van der Waals surface area contributed by atoms with Crippen molar-refractivity contribution in [2.75, 3.05) is 19.6 Å². The van der Waals surface area contributed by atoms with Gasteiger partial charge in [0.2, 0.25) is 0 Å². The van der Waals surface area contributed by atoms with E-state index in [1.54, 1.807) is 0 Å². The Balaban J connectivity index is 2.21. The highest BCUT2D eigenvalue weighted by atomic mass is 79.9. The minimum absolute atomic E-state index is 0.103. The number of aryl methyl sites for hydroxylation is 1. The maximum absolute atomic E-state index is 6.04. The molecule has 1 aromatic heterocycles. The first-order valence-corrected chi connectivity index (χ1v) is 8.31. The van der Waals surface area contributed by atoms with Crippen molar-refractivity contribution in [2.45, 2.75) is 45.4 Å². The molecule has 0 amide bonds. The average molecular weight is 347 g/mol. The van der Waals surface area contributed by atoms with Crippen LogP contribution in [0.3, 0.4) is 0 Å². The van der Waals surface area contributed by atoms with Crippen molar-refractivity contribution in [2.24, 2.45) is 5.73 Å². The van der Waals surface area contributed by atoms with Crippen LogP contribution in [-0.4, -0.2) is 36.2 Å². The van der Waals surface area contributed by atoms with E-state index in [1.807, 2.05) is 11.3 Å². The standard InChI is InChI=1S/C14H23BrN2OS/c1-9-7-17(8-14(3,4)18-9)12(6-16)13-5-11(15)10(2)19-13/h5,9,12H,6-8,16H2,1-4H3. The highest BCUT2D eigenvalue weighted by molar-refractivity contribution is 9.10. The molecule has 2 rings (SSSR count). The van der Waals surface area contributed by atoms with Crippen LogP contribution in [0.1, 0.15) is 36.6 Å². The molecule has 5 heteroatoms. The van der Waals surface area contributed by atoms with Crippen LogP contribution in [0.25, 0.3) is 0 Å². The minimum atomic E-state index is -0.103. The molecular formula is C14H23BrN2OS. The van der Waals surface area contributed by atoms with E-state index in [0.717, 1.165) is 13.1 Å². The Morgan fingerprint density at radius 3 is 2.79 bits per heavy atom. The maximum atomic E-state index is 6.04. The summed E-state index contributed by atoms with van der Waals surface area (Å²) in [7, 11) is 0. The molecule has 0 bridgehead atoms. The maximum Gasteiger partial charge on any atom is 0.0757 e. The van der Waals surface area contributed by atoms with E-state index in [2.05, 4.69) is 54.6 Å². The summed E-state index contributed by atoms with van der Waals surface area (Å²) in [6, 6.07) is 2.51. The number of nitrogens with zero attached hydrogens (tertiary/aromatic N) is 1. The lowest BCUT2D eigenvalue weighted by atomic mass is 10.0. The Morgan fingerprint density at radius 1 is 1.63 bits per heavy atom. The molecule has 3 nitrogen and oxygen atoms in total. The van der Waals surface area contributed by atoms with Crippen molar-refractivity contribution in [3.63, 3.8) is 0 Å². The molecule has 2 N–H and O–H groups in total. The lowest BCUT2D eigenvalue weighted by Crippen LogP contribution is -2.53. The summed E-state index contributed by atoms with van der Waals surface area (Å²) < 4.78 is 7.16. The molecule has 2 atom stereocenters. The Kier molecular flexibility index (Phi) is 4.73. The Hall–Kier alpha value is 0.0600. The molecule has 1 aliphatic heterocycles. The number of rotatable bonds is 3. The third-order valence-corrected chi connectivity index (χ3v) is 5.70. The predicted molar refractivity (Wildman–Crippen MR) is 84.8 cm³/mol. The Morgan fingerprint density at radius 2 is 2.32 bits per heavy atom. The third kappa shape index (κ3) is 3.58. The molecule has 108 valence electrons. The topological polar surface area (TPSA) is 38.5 Å². The molecule has 19 heavy (non-hydrogen) atoms. The molecule has 2 unspecified atom stereocenters. The van der Waals surface area contributed by atoms with Crippen LogP contribution in [-0.2, 0) is 4.74 Å². The SMILES string of the molecule is Cc1sc(C(CN)N2CC(C)OC(C)(C)C2)cc1Br. The van der Waals surface area contributed by atoms with Gasteiger partial charge < -0.3 is 10.5 Å². The van der Waals surface area contributed by atoms with Crippen molar-refractivity contribution in [1.82, 2.24) is 4.90 Å². The molecule has 1 aromatic rings. The molecule has 1 saturated heterocycles. The van der Waals surface area contributed by atoms with Gasteiger partial charge in [-0.05, 0) is 49.7 Å². The first-order chi connectivity index (χ1) is 8.82. The van der Waals surface area contributed by atoms with E-state index in [1.165, 1.54) is 14.2 Å². The number of thiophene rings is 1.